The van der Waals surface area contributed by atoms with Crippen molar-refractivity contribution < 1.29 is 8.60 Å². The fourth-order valence-corrected chi connectivity index (χ4v) is 1.85. The number of hydrogen-bond acceptors (Lipinski definition) is 2. The van der Waals surface area contributed by atoms with Gasteiger partial charge in [-0.15, -0.1) is 0 Å². The minimum Gasteiger partial charge on any atom is -0.324 e. The second-order valence-corrected chi connectivity index (χ2v) is 4.65. The number of rotatable bonds is 3. The van der Waals surface area contributed by atoms with Crippen molar-refractivity contribution in [3.05, 3.63) is 29.1 Å². The largest absolute Gasteiger partial charge is 0.324 e. The minimum absolute atomic E-state index is 0.343. The summed E-state index contributed by atoms with van der Waals surface area (Å²) in [6, 6.07) is 2.66. The van der Waals surface area contributed by atoms with Gasteiger partial charge in [-0.3, -0.25) is 0 Å². The van der Waals surface area contributed by atoms with Crippen LogP contribution in [0, 0.1) is 12.7 Å². The van der Waals surface area contributed by atoms with Gasteiger partial charge in [0.15, 0.2) is 0 Å². The molecule has 0 bridgehead atoms. The van der Waals surface area contributed by atoms with Gasteiger partial charge < -0.3 is 10.5 Å². The Hall–Kier alpha value is -0.940. The third-order valence-electron chi connectivity index (χ3n) is 2.09. The molecular formula is C10H15FN2OS. The number of nitrogens with two attached hydrogens (primary N) is 1. The van der Waals surface area contributed by atoms with Crippen LogP contribution in [0.1, 0.15) is 24.1 Å². The maximum absolute atomic E-state index is 13.5. The molecule has 2 atom stereocenters. The molecule has 0 heterocycles. The van der Waals surface area contributed by atoms with Gasteiger partial charge in [0.1, 0.15) is 16.8 Å². The van der Waals surface area contributed by atoms with E-state index in [9.17, 15) is 8.60 Å². The first-order valence-electron chi connectivity index (χ1n) is 4.57. The van der Waals surface area contributed by atoms with E-state index >= 15 is 0 Å². The van der Waals surface area contributed by atoms with E-state index in [1.807, 2.05) is 6.92 Å². The van der Waals surface area contributed by atoms with E-state index in [4.69, 9.17) is 5.73 Å². The lowest BCUT2D eigenvalue weighted by Crippen LogP contribution is -2.10. The second kappa shape index (κ2) is 4.72. The van der Waals surface area contributed by atoms with Gasteiger partial charge in [-0.1, -0.05) is 0 Å². The molecule has 0 aliphatic carbocycles. The van der Waals surface area contributed by atoms with Gasteiger partial charge in [0.2, 0.25) is 0 Å². The second-order valence-electron chi connectivity index (χ2n) is 3.53. The number of anilines is 1. The molecule has 0 fully saturated rings. The average molecular weight is 230 g/mol. The van der Waals surface area contributed by atoms with Crippen LogP contribution in [0.15, 0.2) is 12.1 Å². The van der Waals surface area contributed by atoms with Crippen LogP contribution in [0.4, 0.5) is 10.1 Å². The summed E-state index contributed by atoms with van der Waals surface area (Å²) in [5.41, 5.74) is 7.46. The molecule has 5 heteroatoms. The van der Waals surface area contributed by atoms with Gasteiger partial charge in [-0.2, -0.15) is 0 Å². The zero-order valence-electron chi connectivity index (χ0n) is 9.00. The Labute approximate surface area is 91.5 Å². The average Bonchev–Trinajstić information content (AvgIpc) is 2.09. The third kappa shape index (κ3) is 3.00. The summed E-state index contributed by atoms with van der Waals surface area (Å²) in [5.74, 6) is -0.372. The third-order valence-corrected chi connectivity index (χ3v) is 2.60. The molecule has 1 aromatic carbocycles. The first-order chi connectivity index (χ1) is 6.91. The molecule has 0 saturated carbocycles. The Kier molecular flexibility index (Phi) is 3.82. The fraction of sp³-hybridized carbons (Fsp3) is 0.400. The maximum atomic E-state index is 13.5. The molecule has 0 amide bonds. The van der Waals surface area contributed by atoms with Crippen molar-refractivity contribution in [2.24, 2.45) is 5.73 Å². The number of nitrogens with one attached hydrogen (secondary N) is 1. The minimum atomic E-state index is -1.20. The highest BCUT2D eigenvalue weighted by Gasteiger charge is 2.10. The molecule has 0 spiro atoms. The number of hydrogen-bond donors (Lipinski definition) is 2. The van der Waals surface area contributed by atoms with E-state index in [0.29, 0.717) is 11.3 Å². The van der Waals surface area contributed by atoms with Crippen molar-refractivity contribution in [3.8, 4) is 0 Å². The van der Waals surface area contributed by atoms with Crippen LogP contribution in [-0.2, 0) is 11.0 Å². The first kappa shape index (κ1) is 12.1. The molecule has 2 unspecified atom stereocenters. The summed E-state index contributed by atoms with van der Waals surface area (Å²) >= 11 is 0. The molecular weight excluding hydrogens is 215 g/mol. The topological polar surface area (TPSA) is 55.1 Å². The highest BCUT2D eigenvalue weighted by molar-refractivity contribution is 7.85. The Morgan fingerprint density at radius 3 is 2.60 bits per heavy atom. The first-order valence-corrected chi connectivity index (χ1v) is 6.13. The standard InChI is InChI=1S/C10H15FN2OS/c1-6-4-8(7(2)12)9(11)5-10(6)13-15(3)14/h4-5,7,13H,12H2,1-3H3. The van der Waals surface area contributed by atoms with Gasteiger partial charge in [-0.05, 0) is 31.5 Å². The van der Waals surface area contributed by atoms with Crippen molar-refractivity contribution in [2.45, 2.75) is 19.9 Å². The van der Waals surface area contributed by atoms with Crippen molar-refractivity contribution >= 4 is 16.7 Å². The smallest absolute Gasteiger partial charge is 0.130 e. The van der Waals surface area contributed by atoms with E-state index in [0.717, 1.165) is 5.56 Å². The zero-order valence-corrected chi connectivity index (χ0v) is 9.82. The van der Waals surface area contributed by atoms with Gasteiger partial charge >= 0.3 is 0 Å². The van der Waals surface area contributed by atoms with E-state index < -0.39 is 11.0 Å². The Morgan fingerprint density at radius 1 is 1.53 bits per heavy atom. The maximum Gasteiger partial charge on any atom is 0.130 e. The molecule has 3 nitrogen and oxygen atoms in total. The van der Waals surface area contributed by atoms with Gasteiger partial charge in [0.05, 0.1) is 5.69 Å². The molecule has 0 aliphatic rings. The molecule has 1 aromatic rings. The monoisotopic (exact) mass is 230 g/mol. The lowest BCUT2D eigenvalue weighted by atomic mass is 10.0. The lowest BCUT2D eigenvalue weighted by Gasteiger charge is -2.12. The van der Waals surface area contributed by atoms with E-state index in [-0.39, 0.29) is 11.9 Å². The quantitative estimate of drug-likeness (QED) is 0.832. The van der Waals surface area contributed by atoms with Crippen LogP contribution >= 0.6 is 0 Å². The number of aryl methyl sites for hydroxylation is 1. The number of benzene rings is 1. The van der Waals surface area contributed by atoms with Gasteiger partial charge in [-0.25, -0.2) is 8.60 Å². The molecule has 0 saturated heterocycles. The molecule has 1 rings (SSSR count). The van der Waals surface area contributed by atoms with Gasteiger partial charge in [0, 0.05) is 17.9 Å². The van der Waals surface area contributed by atoms with E-state index in [1.165, 1.54) is 12.3 Å². The predicted molar refractivity (Wildman–Crippen MR) is 61.4 cm³/mol. The summed E-state index contributed by atoms with van der Waals surface area (Å²) in [5, 5.41) is 0. The Balaban J connectivity index is 3.13. The van der Waals surface area contributed by atoms with Crippen LogP contribution < -0.4 is 10.5 Å². The fourth-order valence-electron chi connectivity index (χ4n) is 1.32. The van der Waals surface area contributed by atoms with Gasteiger partial charge in [0.25, 0.3) is 0 Å². The SMILES string of the molecule is Cc1cc(C(C)N)c(F)cc1NS(C)=O. The predicted octanol–water partition coefficient (Wildman–Crippen LogP) is 1.86. The molecule has 15 heavy (non-hydrogen) atoms. The summed E-state index contributed by atoms with van der Waals surface area (Å²) in [7, 11) is -1.20. The normalized spacial score (nSPS) is 14.7. The molecule has 0 aromatic heterocycles. The van der Waals surface area contributed by atoms with Crippen molar-refractivity contribution in [2.75, 3.05) is 11.0 Å². The summed E-state index contributed by atoms with van der Waals surface area (Å²) in [6.07, 6.45) is 1.50. The van der Waals surface area contributed by atoms with E-state index in [2.05, 4.69) is 4.72 Å². The molecule has 0 aliphatic heterocycles. The van der Waals surface area contributed by atoms with Crippen LogP contribution in [0.2, 0.25) is 0 Å². The Morgan fingerprint density at radius 2 is 2.13 bits per heavy atom. The molecule has 0 radical (unpaired) electrons. The lowest BCUT2D eigenvalue weighted by molar-refractivity contribution is 0.594. The van der Waals surface area contributed by atoms with Crippen LogP contribution in [-0.4, -0.2) is 10.5 Å². The highest BCUT2D eigenvalue weighted by atomic mass is 32.2. The van der Waals surface area contributed by atoms with Crippen molar-refractivity contribution in [3.63, 3.8) is 0 Å². The Bertz CT molecular complexity index is 393. The summed E-state index contributed by atoms with van der Waals surface area (Å²) in [6.45, 7) is 3.55. The summed E-state index contributed by atoms with van der Waals surface area (Å²) in [4.78, 5) is 0. The zero-order chi connectivity index (χ0) is 11.6. The van der Waals surface area contributed by atoms with Crippen molar-refractivity contribution in [1.82, 2.24) is 0 Å². The molecule has 3 N–H and O–H groups in total. The van der Waals surface area contributed by atoms with Crippen LogP contribution in [0.5, 0.6) is 0 Å². The highest BCUT2D eigenvalue weighted by Crippen LogP contribution is 2.23. The number of halogens is 1. The van der Waals surface area contributed by atoms with E-state index in [1.54, 1.807) is 13.0 Å². The van der Waals surface area contributed by atoms with Crippen LogP contribution in [0.25, 0.3) is 0 Å². The molecule has 84 valence electrons. The summed E-state index contributed by atoms with van der Waals surface area (Å²) < 4.78 is 27.1. The van der Waals surface area contributed by atoms with Crippen LogP contribution in [0.3, 0.4) is 0 Å². The van der Waals surface area contributed by atoms with Crippen molar-refractivity contribution in [1.29, 1.82) is 0 Å².